The molecule has 1 aliphatic carbocycles. The van der Waals surface area contributed by atoms with Gasteiger partial charge in [0, 0.05) is 22.7 Å². The van der Waals surface area contributed by atoms with Crippen molar-refractivity contribution < 1.29 is 9.18 Å². The summed E-state index contributed by atoms with van der Waals surface area (Å²) in [5.41, 5.74) is 1.91. The van der Waals surface area contributed by atoms with Gasteiger partial charge < -0.3 is 5.32 Å². The first-order valence-corrected chi connectivity index (χ1v) is 7.85. The minimum atomic E-state index is -0.604. The van der Waals surface area contributed by atoms with Gasteiger partial charge in [-0.2, -0.15) is 10.4 Å². The Bertz CT molecular complexity index is 1050. The van der Waals surface area contributed by atoms with Gasteiger partial charge >= 0.3 is 0 Å². The number of fused-ring (bicyclic) bond motifs is 1. The first-order chi connectivity index (χ1) is 12.0. The quantitative estimate of drug-likeness (QED) is 0.797. The average Bonchev–Trinajstić information content (AvgIpc) is 3.18. The number of carbonyl (C=O) groups excluding carboxylic acids is 1. The monoisotopic (exact) mass is 335 g/mol. The molecule has 1 saturated carbocycles. The number of nitriles is 1. The second kappa shape index (κ2) is 5.38. The Morgan fingerprint density at radius 1 is 1.36 bits per heavy atom. The summed E-state index contributed by atoms with van der Waals surface area (Å²) in [6.45, 7) is 1.93. The standard InChI is InChI=1S/C18H14FN5O/c1-18(4-5-18)17(25)23-13-7-15(24-16(8-13)21-10-22-24)11-2-3-12(9-20)14(19)6-11/h2-3,6-8,10H,4-5H2,1H3,(H,23,25). The van der Waals surface area contributed by atoms with Gasteiger partial charge in [-0.25, -0.2) is 13.9 Å². The van der Waals surface area contributed by atoms with Gasteiger partial charge in [0.1, 0.15) is 18.2 Å². The topological polar surface area (TPSA) is 83.1 Å². The van der Waals surface area contributed by atoms with Crippen molar-refractivity contribution in [3.05, 3.63) is 48.0 Å². The Kier molecular flexibility index (Phi) is 3.29. The van der Waals surface area contributed by atoms with Gasteiger partial charge in [0.15, 0.2) is 5.65 Å². The number of pyridine rings is 1. The van der Waals surface area contributed by atoms with Gasteiger partial charge in [0.05, 0.1) is 11.3 Å². The third-order valence-corrected chi connectivity index (χ3v) is 4.57. The van der Waals surface area contributed by atoms with E-state index in [0.717, 1.165) is 12.8 Å². The summed E-state index contributed by atoms with van der Waals surface area (Å²) >= 11 is 0. The molecule has 1 aliphatic rings. The second-order valence-corrected chi connectivity index (χ2v) is 6.48. The SMILES string of the molecule is CC1(C(=O)Nc2cc(-c3ccc(C#N)c(F)c3)n3ncnc3c2)CC1. The van der Waals surface area contributed by atoms with Crippen LogP contribution in [0, 0.1) is 22.6 Å². The summed E-state index contributed by atoms with van der Waals surface area (Å²) in [6, 6.07) is 9.60. The minimum absolute atomic E-state index is 0.0234. The summed E-state index contributed by atoms with van der Waals surface area (Å²) in [4.78, 5) is 16.5. The van der Waals surface area contributed by atoms with Crippen LogP contribution in [-0.4, -0.2) is 20.5 Å². The van der Waals surface area contributed by atoms with Gasteiger partial charge in [-0.05, 0) is 31.0 Å². The smallest absolute Gasteiger partial charge is 0.230 e. The van der Waals surface area contributed by atoms with Crippen LogP contribution in [-0.2, 0) is 4.79 Å². The Morgan fingerprint density at radius 2 is 2.16 bits per heavy atom. The molecule has 0 bridgehead atoms. The van der Waals surface area contributed by atoms with E-state index in [1.165, 1.54) is 18.5 Å². The Balaban J connectivity index is 1.80. The third kappa shape index (κ3) is 2.62. The van der Waals surface area contributed by atoms with Crippen LogP contribution in [0.1, 0.15) is 25.3 Å². The molecule has 0 aliphatic heterocycles. The first-order valence-electron chi connectivity index (χ1n) is 7.85. The molecule has 0 atom stereocenters. The van der Waals surface area contributed by atoms with E-state index in [1.807, 2.05) is 6.92 Å². The van der Waals surface area contributed by atoms with Crippen molar-refractivity contribution in [3.8, 4) is 17.3 Å². The molecular weight excluding hydrogens is 321 g/mol. The van der Waals surface area contributed by atoms with Crippen LogP contribution in [0.25, 0.3) is 16.9 Å². The maximum Gasteiger partial charge on any atom is 0.230 e. The largest absolute Gasteiger partial charge is 0.325 e. The molecule has 0 unspecified atom stereocenters. The number of benzene rings is 1. The normalized spacial score (nSPS) is 14.9. The van der Waals surface area contributed by atoms with Gasteiger partial charge in [-0.15, -0.1) is 0 Å². The summed E-state index contributed by atoms with van der Waals surface area (Å²) < 4.78 is 15.6. The van der Waals surface area contributed by atoms with Gasteiger partial charge in [-0.3, -0.25) is 4.79 Å². The Morgan fingerprint density at radius 3 is 2.84 bits per heavy atom. The lowest BCUT2D eigenvalue weighted by Crippen LogP contribution is -2.21. The van der Waals surface area contributed by atoms with Crippen LogP contribution in [0.4, 0.5) is 10.1 Å². The van der Waals surface area contributed by atoms with Crippen molar-refractivity contribution in [2.75, 3.05) is 5.32 Å². The van der Waals surface area contributed by atoms with Crippen LogP contribution in [0.3, 0.4) is 0 Å². The number of anilines is 1. The zero-order valence-corrected chi connectivity index (χ0v) is 13.5. The van der Waals surface area contributed by atoms with E-state index in [-0.39, 0.29) is 16.9 Å². The lowest BCUT2D eigenvalue weighted by atomic mass is 10.1. The molecule has 6 nitrogen and oxygen atoms in total. The predicted molar refractivity (Wildman–Crippen MR) is 89.1 cm³/mol. The number of rotatable bonds is 3. The number of hydrogen-bond acceptors (Lipinski definition) is 4. The molecular formula is C18H14FN5O. The fourth-order valence-electron chi connectivity index (χ4n) is 2.66. The molecule has 2 heterocycles. The number of amides is 1. The highest BCUT2D eigenvalue weighted by Gasteiger charge is 2.44. The molecule has 4 rings (SSSR count). The number of hydrogen-bond donors (Lipinski definition) is 1. The van der Waals surface area contributed by atoms with E-state index < -0.39 is 5.82 Å². The predicted octanol–water partition coefficient (Wildman–Crippen LogP) is 3.15. The van der Waals surface area contributed by atoms with Crippen molar-refractivity contribution in [2.24, 2.45) is 5.41 Å². The molecule has 0 saturated heterocycles. The van der Waals surface area contributed by atoms with Crippen LogP contribution < -0.4 is 5.32 Å². The van der Waals surface area contributed by atoms with Gasteiger partial charge in [-0.1, -0.05) is 13.0 Å². The van der Waals surface area contributed by atoms with Crippen molar-refractivity contribution >= 4 is 17.2 Å². The number of aromatic nitrogens is 3. The number of nitrogens with zero attached hydrogens (tertiary/aromatic N) is 4. The van der Waals surface area contributed by atoms with E-state index in [4.69, 9.17) is 5.26 Å². The molecule has 1 fully saturated rings. The first kappa shape index (κ1) is 15.3. The Labute approximate surface area is 142 Å². The highest BCUT2D eigenvalue weighted by Crippen LogP contribution is 2.45. The van der Waals surface area contributed by atoms with E-state index in [1.54, 1.807) is 28.8 Å². The highest BCUT2D eigenvalue weighted by atomic mass is 19.1. The molecule has 124 valence electrons. The molecule has 7 heteroatoms. The van der Waals surface area contributed by atoms with E-state index in [2.05, 4.69) is 15.4 Å². The second-order valence-electron chi connectivity index (χ2n) is 6.48. The zero-order valence-electron chi connectivity index (χ0n) is 13.5. The average molecular weight is 335 g/mol. The molecule has 0 spiro atoms. The van der Waals surface area contributed by atoms with E-state index in [9.17, 15) is 9.18 Å². The maximum absolute atomic E-state index is 14.0. The maximum atomic E-state index is 14.0. The molecule has 1 aromatic carbocycles. The van der Waals surface area contributed by atoms with E-state index >= 15 is 0 Å². The van der Waals surface area contributed by atoms with Gasteiger partial charge in [0.2, 0.25) is 5.91 Å². The van der Waals surface area contributed by atoms with Crippen molar-refractivity contribution in [3.63, 3.8) is 0 Å². The number of halogens is 1. The van der Waals surface area contributed by atoms with Crippen molar-refractivity contribution in [1.29, 1.82) is 5.26 Å². The van der Waals surface area contributed by atoms with Crippen molar-refractivity contribution in [1.82, 2.24) is 14.6 Å². The van der Waals surface area contributed by atoms with Crippen LogP contribution >= 0.6 is 0 Å². The fourth-order valence-corrected chi connectivity index (χ4v) is 2.66. The molecule has 3 aromatic rings. The van der Waals surface area contributed by atoms with Gasteiger partial charge in [0.25, 0.3) is 0 Å². The minimum Gasteiger partial charge on any atom is -0.325 e. The molecule has 0 radical (unpaired) electrons. The molecule has 1 amide bonds. The number of carbonyl (C=O) groups is 1. The summed E-state index contributed by atoms with van der Waals surface area (Å²) in [6.07, 6.45) is 3.14. The summed E-state index contributed by atoms with van der Waals surface area (Å²) in [5, 5.41) is 15.9. The summed E-state index contributed by atoms with van der Waals surface area (Å²) in [7, 11) is 0. The van der Waals surface area contributed by atoms with Crippen LogP contribution in [0.2, 0.25) is 0 Å². The Hall–Kier alpha value is -3.27. The molecule has 2 aromatic heterocycles. The van der Waals surface area contributed by atoms with E-state index in [0.29, 0.717) is 22.6 Å². The zero-order chi connectivity index (χ0) is 17.6. The third-order valence-electron chi connectivity index (χ3n) is 4.57. The lowest BCUT2D eigenvalue weighted by molar-refractivity contribution is -0.120. The van der Waals surface area contributed by atoms with Crippen LogP contribution in [0.15, 0.2) is 36.7 Å². The summed E-state index contributed by atoms with van der Waals surface area (Å²) in [5.74, 6) is -0.637. The fraction of sp³-hybridized carbons (Fsp3) is 0.222. The molecule has 25 heavy (non-hydrogen) atoms. The lowest BCUT2D eigenvalue weighted by Gasteiger charge is -2.12. The molecule has 1 N–H and O–H groups in total. The van der Waals surface area contributed by atoms with Crippen molar-refractivity contribution in [2.45, 2.75) is 19.8 Å². The van der Waals surface area contributed by atoms with Crippen LogP contribution in [0.5, 0.6) is 0 Å². The number of nitrogens with one attached hydrogen (secondary N) is 1. The highest BCUT2D eigenvalue weighted by molar-refractivity contribution is 5.97.